The van der Waals surface area contributed by atoms with E-state index in [-0.39, 0.29) is 30.1 Å². The zero-order chi connectivity index (χ0) is 23.0. The molecule has 1 aliphatic rings. The van der Waals surface area contributed by atoms with Crippen LogP contribution in [0.25, 0.3) is 0 Å². The van der Waals surface area contributed by atoms with Crippen molar-refractivity contribution in [2.24, 2.45) is 5.92 Å². The lowest BCUT2D eigenvalue weighted by Crippen LogP contribution is -2.43. The molecule has 1 saturated heterocycles. The molecule has 1 aromatic heterocycles. The van der Waals surface area contributed by atoms with Crippen molar-refractivity contribution in [3.05, 3.63) is 95.6 Å². The predicted octanol–water partition coefficient (Wildman–Crippen LogP) is 4.54. The number of para-hydroxylation sites is 1. The number of aromatic nitrogens is 1. The predicted molar refractivity (Wildman–Crippen MR) is 126 cm³/mol. The maximum atomic E-state index is 13.3. The molecule has 5 nitrogen and oxygen atoms in total. The van der Waals surface area contributed by atoms with Gasteiger partial charge in [0.05, 0.1) is 25.3 Å². The Kier molecular flexibility index (Phi) is 7.68. The summed E-state index contributed by atoms with van der Waals surface area (Å²) in [5, 5.41) is 3.26. The number of carbonyl (C=O) groups excluding carboxylic acids is 1. The molecule has 172 valence electrons. The third kappa shape index (κ3) is 6.17. The maximum Gasteiger partial charge on any atom is 0.225 e. The Labute approximate surface area is 194 Å². The molecule has 4 rings (SSSR count). The van der Waals surface area contributed by atoms with Gasteiger partial charge in [-0.3, -0.25) is 14.7 Å². The summed E-state index contributed by atoms with van der Waals surface area (Å²) in [4.78, 5) is 20.0. The highest BCUT2D eigenvalue weighted by Crippen LogP contribution is 2.30. The van der Waals surface area contributed by atoms with Crippen LogP contribution in [0.1, 0.15) is 35.7 Å². The van der Waals surface area contributed by atoms with Gasteiger partial charge in [0, 0.05) is 24.8 Å². The molecule has 0 spiro atoms. The molecule has 1 aliphatic heterocycles. The highest BCUT2D eigenvalue weighted by Gasteiger charge is 2.30. The number of pyridine rings is 1. The molecule has 1 N–H and O–H groups in total. The van der Waals surface area contributed by atoms with Crippen molar-refractivity contribution in [2.45, 2.75) is 31.8 Å². The smallest absolute Gasteiger partial charge is 0.225 e. The van der Waals surface area contributed by atoms with Crippen molar-refractivity contribution in [1.29, 1.82) is 0 Å². The molecule has 3 aromatic rings. The van der Waals surface area contributed by atoms with Crippen LogP contribution in [-0.2, 0) is 17.8 Å². The van der Waals surface area contributed by atoms with E-state index >= 15 is 0 Å². The van der Waals surface area contributed by atoms with E-state index in [0.717, 1.165) is 49.3 Å². The number of rotatable bonds is 8. The Morgan fingerprint density at radius 3 is 2.70 bits per heavy atom. The van der Waals surface area contributed by atoms with Gasteiger partial charge < -0.3 is 10.1 Å². The van der Waals surface area contributed by atoms with E-state index < -0.39 is 0 Å². The fourth-order valence-corrected chi connectivity index (χ4v) is 4.59. The average molecular weight is 448 g/mol. The van der Waals surface area contributed by atoms with E-state index in [1.165, 1.54) is 12.1 Å². The monoisotopic (exact) mass is 447 g/mol. The average Bonchev–Trinajstić information content (AvgIpc) is 2.85. The number of nitrogens with zero attached hydrogens (tertiary/aromatic N) is 2. The number of nitrogens with one attached hydrogen (secondary N) is 1. The molecule has 1 fully saturated rings. The summed E-state index contributed by atoms with van der Waals surface area (Å²) in [6, 6.07) is 19.9. The van der Waals surface area contributed by atoms with Crippen LogP contribution >= 0.6 is 0 Å². The summed E-state index contributed by atoms with van der Waals surface area (Å²) in [7, 11) is 1.62. The Morgan fingerprint density at radius 2 is 1.94 bits per heavy atom. The Bertz CT molecular complexity index is 1040. The van der Waals surface area contributed by atoms with Crippen LogP contribution in [0.5, 0.6) is 5.75 Å². The lowest BCUT2D eigenvalue weighted by atomic mass is 9.88. The fraction of sp³-hybridized carbons (Fsp3) is 0.333. The topological polar surface area (TPSA) is 54.5 Å². The van der Waals surface area contributed by atoms with Crippen molar-refractivity contribution in [1.82, 2.24) is 15.2 Å². The molecule has 2 heterocycles. The largest absolute Gasteiger partial charge is 0.496 e. The van der Waals surface area contributed by atoms with E-state index in [2.05, 4.69) is 15.2 Å². The summed E-state index contributed by atoms with van der Waals surface area (Å²) in [6.07, 6.45) is 4.07. The summed E-state index contributed by atoms with van der Waals surface area (Å²) in [5.41, 5.74) is 2.82. The Hall–Kier alpha value is -3.25. The molecular weight excluding hydrogens is 417 g/mol. The number of halogens is 1. The zero-order valence-corrected chi connectivity index (χ0v) is 18.9. The van der Waals surface area contributed by atoms with Crippen molar-refractivity contribution >= 4 is 5.91 Å². The van der Waals surface area contributed by atoms with Crippen LogP contribution in [0.15, 0.2) is 72.9 Å². The van der Waals surface area contributed by atoms with Gasteiger partial charge in [0.2, 0.25) is 5.91 Å². The number of methoxy groups -OCH3 is 1. The van der Waals surface area contributed by atoms with Crippen LogP contribution in [0.3, 0.4) is 0 Å². The van der Waals surface area contributed by atoms with E-state index in [0.29, 0.717) is 5.75 Å². The highest BCUT2D eigenvalue weighted by molar-refractivity contribution is 5.79. The molecule has 6 heteroatoms. The SMILES string of the molecule is COc1ccccc1CC(=O)N[C@H](c1ccccn1)[C@H]1CCCN(Cc2ccc(F)cc2)C1. The first-order valence-corrected chi connectivity index (χ1v) is 11.4. The standard InChI is InChI=1S/C27H30FN3O2/c1-33-25-10-3-2-7-21(25)17-26(32)30-27(24-9-4-5-15-29-24)22-8-6-16-31(19-22)18-20-11-13-23(28)14-12-20/h2-5,7,9-15,22,27H,6,8,16-19H2,1H3,(H,30,32)/t22-,27-/m0/s1. The van der Waals surface area contributed by atoms with Gasteiger partial charge in [-0.15, -0.1) is 0 Å². The first kappa shape index (κ1) is 22.9. The first-order chi connectivity index (χ1) is 16.1. The molecule has 2 aromatic carbocycles. The van der Waals surface area contributed by atoms with Crippen molar-refractivity contribution in [3.8, 4) is 5.75 Å². The fourth-order valence-electron chi connectivity index (χ4n) is 4.59. The van der Waals surface area contributed by atoms with Crippen LogP contribution in [0, 0.1) is 11.7 Å². The van der Waals surface area contributed by atoms with Gasteiger partial charge in [0.15, 0.2) is 0 Å². The second-order valence-corrected chi connectivity index (χ2v) is 8.55. The van der Waals surface area contributed by atoms with Crippen molar-refractivity contribution in [2.75, 3.05) is 20.2 Å². The minimum atomic E-state index is -0.219. The zero-order valence-electron chi connectivity index (χ0n) is 18.9. The second kappa shape index (κ2) is 11.1. The number of benzene rings is 2. The number of piperidine rings is 1. The summed E-state index contributed by atoms with van der Waals surface area (Å²) in [6.45, 7) is 2.59. The Balaban J connectivity index is 1.48. The number of ether oxygens (including phenoxy) is 1. The van der Waals surface area contributed by atoms with Crippen LogP contribution in [-0.4, -0.2) is 36.0 Å². The van der Waals surface area contributed by atoms with E-state index in [1.807, 2.05) is 54.6 Å². The van der Waals surface area contributed by atoms with Gasteiger partial charge in [0.25, 0.3) is 0 Å². The van der Waals surface area contributed by atoms with Gasteiger partial charge in [0.1, 0.15) is 11.6 Å². The second-order valence-electron chi connectivity index (χ2n) is 8.55. The number of hydrogen-bond donors (Lipinski definition) is 1. The number of likely N-dealkylation sites (tertiary alicyclic amines) is 1. The molecule has 1 amide bonds. The lowest BCUT2D eigenvalue weighted by Gasteiger charge is -2.37. The molecule has 0 radical (unpaired) electrons. The molecule has 0 aliphatic carbocycles. The van der Waals surface area contributed by atoms with Crippen molar-refractivity contribution in [3.63, 3.8) is 0 Å². The lowest BCUT2D eigenvalue weighted by molar-refractivity contribution is -0.121. The molecule has 2 atom stereocenters. The minimum absolute atomic E-state index is 0.0502. The molecule has 33 heavy (non-hydrogen) atoms. The number of carbonyl (C=O) groups is 1. The normalized spacial score (nSPS) is 17.3. The molecule has 0 unspecified atom stereocenters. The minimum Gasteiger partial charge on any atom is -0.496 e. The summed E-state index contributed by atoms with van der Waals surface area (Å²) in [5.74, 6) is 0.676. The number of amides is 1. The van der Waals surface area contributed by atoms with Gasteiger partial charge in [-0.05, 0) is 61.2 Å². The first-order valence-electron chi connectivity index (χ1n) is 11.4. The van der Waals surface area contributed by atoms with Gasteiger partial charge in [-0.25, -0.2) is 4.39 Å². The number of hydrogen-bond acceptors (Lipinski definition) is 4. The maximum absolute atomic E-state index is 13.3. The third-order valence-corrected chi connectivity index (χ3v) is 6.20. The van der Waals surface area contributed by atoms with Crippen LogP contribution < -0.4 is 10.1 Å². The summed E-state index contributed by atoms with van der Waals surface area (Å²) >= 11 is 0. The van der Waals surface area contributed by atoms with Crippen LogP contribution in [0.4, 0.5) is 4.39 Å². The van der Waals surface area contributed by atoms with Gasteiger partial charge in [-0.2, -0.15) is 0 Å². The highest BCUT2D eigenvalue weighted by atomic mass is 19.1. The quantitative estimate of drug-likeness (QED) is 0.551. The third-order valence-electron chi connectivity index (χ3n) is 6.20. The van der Waals surface area contributed by atoms with Crippen molar-refractivity contribution < 1.29 is 13.9 Å². The molecule has 0 saturated carbocycles. The van der Waals surface area contributed by atoms with E-state index in [4.69, 9.17) is 4.74 Å². The van der Waals surface area contributed by atoms with E-state index in [1.54, 1.807) is 13.3 Å². The van der Waals surface area contributed by atoms with Crippen LogP contribution in [0.2, 0.25) is 0 Å². The van der Waals surface area contributed by atoms with Gasteiger partial charge in [-0.1, -0.05) is 36.4 Å². The van der Waals surface area contributed by atoms with Gasteiger partial charge >= 0.3 is 0 Å². The molecular formula is C27H30FN3O2. The molecule has 0 bridgehead atoms. The Morgan fingerprint density at radius 1 is 1.15 bits per heavy atom. The van der Waals surface area contributed by atoms with E-state index in [9.17, 15) is 9.18 Å². The summed E-state index contributed by atoms with van der Waals surface area (Å²) < 4.78 is 18.7.